The van der Waals surface area contributed by atoms with Crippen LogP contribution in [0.5, 0.6) is 0 Å². The third-order valence-electron chi connectivity index (χ3n) is 19.7. The third kappa shape index (κ3) is 8.83. The van der Waals surface area contributed by atoms with Crippen LogP contribution >= 0.6 is 27.3 Å². The van der Waals surface area contributed by atoms with Gasteiger partial charge in [-0.25, -0.2) is 0 Å². The van der Waals surface area contributed by atoms with Crippen molar-refractivity contribution >= 4 is 107 Å². The maximum atomic E-state index is 2.68. The molecule has 0 fully saturated rings. The van der Waals surface area contributed by atoms with E-state index < -0.39 is 39.1 Å². The summed E-state index contributed by atoms with van der Waals surface area (Å²) in [5.74, 6) is 0. The Kier molecular flexibility index (Phi) is 18.0. The molecule has 0 aromatic heterocycles. The summed E-state index contributed by atoms with van der Waals surface area (Å²) < 4.78 is 0. The van der Waals surface area contributed by atoms with Crippen LogP contribution < -0.4 is 79.6 Å². The zero-order chi connectivity index (χ0) is 64.6. The predicted octanol–water partition coefficient (Wildman–Crippen LogP) is 15.9. The van der Waals surface area contributed by atoms with Gasteiger partial charge in [-0.05, 0) is 0 Å². The van der Waals surface area contributed by atoms with Gasteiger partial charge in [-0.3, -0.25) is 0 Å². The van der Waals surface area contributed by atoms with E-state index in [1.165, 1.54) is 79.6 Å². The first-order chi connectivity index (χ1) is 47.7. The van der Waals surface area contributed by atoms with Gasteiger partial charge in [0.25, 0.3) is 0 Å². The van der Waals surface area contributed by atoms with Crippen LogP contribution in [0, 0.1) is 0 Å². The summed E-state index contributed by atoms with van der Waals surface area (Å²) in [5.41, 5.74) is -23.4. The molecule has 475 valence electrons. The minimum absolute atomic E-state index is 1.42. The predicted molar refractivity (Wildman–Crippen MR) is 433 cm³/mol. The molecular formula is C90H80P5Pd. The molecule has 0 aliphatic rings. The molecule has 0 nitrogen and oxygen atoms in total. The Hall–Kier alpha value is -8.89. The van der Waals surface area contributed by atoms with E-state index in [0.29, 0.717) is 0 Å². The first-order valence-corrected chi connectivity index (χ1v) is 53.9. The Morgan fingerprint density at radius 1 is 0.0938 bits per heavy atom. The third-order valence-corrected chi connectivity index (χ3v) is 180. The van der Waals surface area contributed by atoms with Crippen molar-refractivity contribution in [2.75, 3.05) is 0 Å². The Morgan fingerprint density at radius 2 is 0.156 bits per heavy atom. The molecule has 15 aromatic carbocycles. The molecule has 0 bridgehead atoms. The van der Waals surface area contributed by atoms with Crippen molar-refractivity contribution in [1.82, 2.24) is 0 Å². The standard InChI is InChI=1S/5C18H15P.Pd/c5*1-4-10-16(11-5-1)19(17-12-6-2-7-13-17)18-14-8-3-9-15-18;/h5*1-15H;/q;;;;;-5/p+5. The molecule has 0 amide bonds. The van der Waals surface area contributed by atoms with Crippen molar-refractivity contribution in [1.29, 1.82) is 0 Å². The van der Waals surface area contributed by atoms with Gasteiger partial charge in [0.1, 0.15) is 0 Å². The first kappa shape index (κ1) is 63.2. The van der Waals surface area contributed by atoms with Gasteiger partial charge in [-0.2, -0.15) is 0 Å². The Morgan fingerprint density at radius 3 is 0.219 bits per heavy atom. The summed E-state index contributed by atoms with van der Waals surface area (Å²) in [7, 11) is 0. The van der Waals surface area contributed by atoms with Gasteiger partial charge < -0.3 is 0 Å². The van der Waals surface area contributed by atoms with E-state index in [4.69, 9.17) is 0 Å². The zero-order valence-electron chi connectivity index (χ0n) is 53.6. The summed E-state index contributed by atoms with van der Waals surface area (Å²) in [5, 5.41) is 21.2. The molecule has 0 radical (unpaired) electrons. The van der Waals surface area contributed by atoms with Crippen LogP contribution in [0.25, 0.3) is 0 Å². The Balaban J connectivity index is 1.62. The Bertz CT molecular complexity index is 3710. The molecule has 0 saturated carbocycles. The molecule has 0 unspecified atom stereocenters. The topological polar surface area (TPSA) is 0 Å². The van der Waals surface area contributed by atoms with Crippen molar-refractivity contribution in [3.05, 3.63) is 455 Å². The second-order valence-electron chi connectivity index (χ2n) is 24.3. The van der Waals surface area contributed by atoms with Gasteiger partial charge in [0.05, 0.1) is 0 Å². The van der Waals surface area contributed by atoms with E-state index in [1.807, 2.05) is 0 Å². The second-order valence-corrected chi connectivity index (χ2v) is 97.9. The van der Waals surface area contributed by atoms with Crippen LogP contribution in [0.4, 0.5) is 0 Å². The number of rotatable bonds is 20. The van der Waals surface area contributed by atoms with Crippen LogP contribution in [0.1, 0.15) is 0 Å². The SMILES string of the molecule is c1ccc([PH](c2ccccc2)(c2ccccc2)[Pd]([PH](c2ccccc2)(c2ccccc2)c2ccccc2)([PH](c2ccccc2)(c2ccccc2)c2ccccc2)([PH](c2ccccc2)(c2ccccc2)c2ccccc2)[PH](c2ccccc2)(c2ccccc2)c2ccccc2)cc1. The van der Waals surface area contributed by atoms with Crippen molar-refractivity contribution < 1.29 is 11.8 Å². The van der Waals surface area contributed by atoms with Crippen molar-refractivity contribution in [3.8, 4) is 0 Å². The number of benzene rings is 15. The second kappa shape index (κ2) is 27.3. The van der Waals surface area contributed by atoms with E-state index >= 15 is 0 Å². The van der Waals surface area contributed by atoms with Crippen LogP contribution in [0.2, 0.25) is 0 Å². The monoisotopic (exact) mass is 1420 g/mol. The minimum atomic E-state index is -6.78. The quantitative estimate of drug-likeness (QED) is 0.0527. The molecule has 6 heteroatoms. The van der Waals surface area contributed by atoms with Crippen LogP contribution in [-0.4, -0.2) is 0 Å². The fourth-order valence-electron chi connectivity index (χ4n) is 16.9. The van der Waals surface area contributed by atoms with E-state index in [9.17, 15) is 0 Å². The van der Waals surface area contributed by atoms with Crippen molar-refractivity contribution in [3.63, 3.8) is 0 Å². The molecule has 0 spiro atoms. The normalized spacial score (nSPS) is 13.4. The molecule has 0 saturated heterocycles. The van der Waals surface area contributed by atoms with Gasteiger partial charge in [0, 0.05) is 0 Å². The summed E-state index contributed by atoms with van der Waals surface area (Å²) >= 11 is -6.78. The average Bonchev–Trinajstić information content (AvgIpc) is 0.577. The summed E-state index contributed by atoms with van der Waals surface area (Å²) in [6, 6.07) is 188. The number of hydrogen-bond acceptors (Lipinski definition) is 0. The molecule has 15 aromatic rings. The molecule has 0 aliphatic heterocycles. The van der Waals surface area contributed by atoms with Gasteiger partial charge >= 0.3 is 574 Å². The fraction of sp³-hybridized carbons (Fsp3) is 0. The molecule has 0 atom stereocenters. The Labute approximate surface area is 569 Å². The maximum absolute atomic E-state index is 6.78. The van der Waals surface area contributed by atoms with Gasteiger partial charge in [-0.1, -0.05) is 0 Å². The van der Waals surface area contributed by atoms with E-state index in [0.717, 1.165) is 0 Å². The molecule has 0 aliphatic carbocycles. The molecule has 96 heavy (non-hydrogen) atoms. The molecule has 0 N–H and O–H groups in total. The molecule has 15 rings (SSSR count). The summed E-state index contributed by atoms with van der Waals surface area (Å²) in [6.45, 7) is 0. The van der Waals surface area contributed by atoms with Crippen LogP contribution in [0.3, 0.4) is 0 Å². The van der Waals surface area contributed by atoms with Gasteiger partial charge in [0.2, 0.25) is 0 Å². The molecular weight excluding hydrogens is 1340 g/mol. The number of hydrogen-bond donors (Lipinski definition) is 0. The average molecular weight is 1420 g/mol. The van der Waals surface area contributed by atoms with Crippen LogP contribution in [-0.2, 0) is 11.8 Å². The van der Waals surface area contributed by atoms with Gasteiger partial charge in [0.15, 0.2) is 0 Å². The van der Waals surface area contributed by atoms with E-state index in [1.54, 1.807) is 0 Å². The zero-order valence-corrected chi connectivity index (χ0v) is 60.2. The summed E-state index contributed by atoms with van der Waals surface area (Å²) in [6.07, 6.45) is 0. The summed E-state index contributed by atoms with van der Waals surface area (Å²) in [4.78, 5) is 0. The van der Waals surface area contributed by atoms with Crippen molar-refractivity contribution in [2.45, 2.75) is 0 Å². The van der Waals surface area contributed by atoms with E-state index in [2.05, 4.69) is 455 Å². The van der Waals surface area contributed by atoms with Gasteiger partial charge in [-0.15, -0.1) is 0 Å². The first-order valence-electron chi connectivity index (χ1n) is 33.2. The van der Waals surface area contributed by atoms with E-state index in [-0.39, 0.29) is 0 Å². The van der Waals surface area contributed by atoms with Crippen molar-refractivity contribution in [2.24, 2.45) is 0 Å². The molecule has 0 heterocycles. The van der Waals surface area contributed by atoms with Crippen LogP contribution in [0.15, 0.2) is 455 Å². The fourth-order valence-corrected chi connectivity index (χ4v) is 279.